The van der Waals surface area contributed by atoms with Gasteiger partial charge in [-0.1, -0.05) is 25.4 Å². The predicted octanol–water partition coefficient (Wildman–Crippen LogP) is 3.72. The number of hydrogen-bond donors (Lipinski definition) is 2. The predicted molar refractivity (Wildman–Crippen MR) is 75.2 cm³/mol. The van der Waals surface area contributed by atoms with Gasteiger partial charge >= 0.3 is 0 Å². The molecule has 100 valence electrons. The van der Waals surface area contributed by atoms with E-state index in [1.165, 1.54) is 18.2 Å². The number of halogens is 2. The molecule has 2 aromatic rings. The highest BCUT2D eigenvalue weighted by Gasteiger charge is 2.08. The molecule has 0 bridgehead atoms. The Kier molecular flexibility index (Phi) is 3.85. The monoisotopic (exact) mass is 280 g/mol. The highest BCUT2D eigenvalue weighted by molar-refractivity contribution is 6.33. The molecule has 4 nitrogen and oxygen atoms in total. The van der Waals surface area contributed by atoms with Crippen LogP contribution in [0.5, 0.6) is 0 Å². The van der Waals surface area contributed by atoms with Crippen molar-refractivity contribution in [2.75, 3.05) is 11.1 Å². The minimum absolute atomic E-state index is 0.145. The first-order valence-corrected chi connectivity index (χ1v) is 6.20. The molecule has 0 aliphatic rings. The third kappa shape index (κ3) is 3.32. The van der Waals surface area contributed by atoms with Crippen LogP contribution in [-0.2, 0) is 0 Å². The molecule has 0 saturated heterocycles. The van der Waals surface area contributed by atoms with E-state index >= 15 is 0 Å². The number of hydrogen-bond acceptors (Lipinski definition) is 4. The van der Waals surface area contributed by atoms with E-state index in [0.29, 0.717) is 28.2 Å². The second-order valence-electron chi connectivity index (χ2n) is 4.44. The van der Waals surface area contributed by atoms with Crippen LogP contribution < -0.4 is 11.1 Å². The Balaban J connectivity index is 2.35. The molecule has 3 N–H and O–H groups in total. The minimum Gasteiger partial charge on any atom is -0.384 e. The Morgan fingerprint density at radius 3 is 2.68 bits per heavy atom. The van der Waals surface area contributed by atoms with Gasteiger partial charge in [0.15, 0.2) is 0 Å². The molecule has 0 amide bonds. The number of benzene rings is 1. The number of nitrogen functional groups attached to an aromatic ring is 1. The van der Waals surface area contributed by atoms with Crippen molar-refractivity contribution in [3.05, 3.63) is 40.9 Å². The lowest BCUT2D eigenvalue weighted by atomic mass is 10.2. The van der Waals surface area contributed by atoms with Crippen LogP contribution in [0.4, 0.5) is 21.7 Å². The van der Waals surface area contributed by atoms with E-state index in [2.05, 4.69) is 15.3 Å². The van der Waals surface area contributed by atoms with Gasteiger partial charge in [0, 0.05) is 12.0 Å². The second kappa shape index (κ2) is 5.40. The average molecular weight is 281 g/mol. The van der Waals surface area contributed by atoms with E-state index < -0.39 is 0 Å². The number of nitrogens with two attached hydrogens (primary N) is 1. The van der Waals surface area contributed by atoms with Crippen LogP contribution in [-0.4, -0.2) is 9.97 Å². The summed E-state index contributed by atoms with van der Waals surface area (Å²) in [4.78, 5) is 8.45. The summed E-state index contributed by atoms with van der Waals surface area (Å²) in [5.41, 5.74) is 6.16. The summed E-state index contributed by atoms with van der Waals surface area (Å²) in [5, 5.41) is 3.35. The van der Waals surface area contributed by atoms with Crippen LogP contribution in [0.25, 0.3) is 0 Å². The maximum atomic E-state index is 13.2. The van der Waals surface area contributed by atoms with Crippen LogP contribution >= 0.6 is 11.6 Å². The highest BCUT2D eigenvalue weighted by Crippen LogP contribution is 2.26. The Bertz CT molecular complexity index is 601. The van der Waals surface area contributed by atoms with Gasteiger partial charge in [0.25, 0.3) is 0 Å². The standard InChI is InChI=1S/C13H14ClFN4/c1-7(2)13-18-11(16)6-12(19-13)17-10-5-8(15)3-4-9(10)14/h3-7H,1-2H3,(H3,16,17,18,19). The van der Waals surface area contributed by atoms with Crippen molar-refractivity contribution in [2.45, 2.75) is 19.8 Å². The Morgan fingerprint density at radius 2 is 2.00 bits per heavy atom. The number of rotatable bonds is 3. The van der Waals surface area contributed by atoms with Crippen LogP contribution in [0.2, 0.25) is 5.02 Å². The Hall–Kier alpha value is -1.88. The van der Waals surface area contributed by atoms with E-state index in [1.807, 2.05) is 13.8 Å². The summed E-state index contributed by atoms with van der Waals surface area (Å²) < 4.78 is 13.2. The van der Waals surface area contributed by atoms with Crippen molar-refractivity contribution in [1.29, 1.82) is 0 Å². The molecule has 0 fully saturated rings. The van der Waals surface area contributed by atoms with Crippen molar-refractivity contribution in [3.8, 4) is 0 Å². The zero-order valence-corrected chi connectivity index (χ0v) is 11.4. The number of aromatic nitrogens is 2. The molecule has 0 atom stereocenters. The quantitative estimate of drug-likeness (QED) is 0.899. The van der Waals surface area contributed by atoms with Crippen LogP contribution in [0.1, 0.15) is 25.6 Å². The maximum absolute atomic E-state index is 13.2. The SMILES string of the molecule is CC(C)c1nc(N)cc(Nc2cc(F)ccc2Cl)n1. The largest absolute Gasteiger partial charge is 0.384 e. The van der Waals surface area contributed by atoms with Crippen molar-refractivity contribution < 1.29 is 4.39 Å². The second-order valence-corrected chi connectivity index (χ2v) is 4.85. The topological polar surface area (TPSA) is 63.8 Å². The fourth-order valence-electron chi connectivity index (χ4n) is 1.54. The number of anilines is 3. The summed E-state index contributed by atoms with van der Waals surface area (Å²) in [5.74, 6) is 1.23. The Morgan fingerprint density at radius 1 is 1.26 bits per heavy atom. The summed E-state index contributed by atoms with van der Waals surface area (Å²) in [6.45, 7) is 3.93. The average Bonchev–Trinajstić information content (AvgIpc) is 2.33. The normalized spacial score (nSPS) is 10.8. The molecule has 0 aliphatic heterocycles. The van der Waals surface area contributed by atoms with Gasteiger partial charge < -0.3 is 11.1 Å². The third-order valence-corrected chi connectivity index (χ3v) is 2.80. The fourth-order valence-corrected chi connectivity index (χ4v) is 1.70. The van der Waals surface area contributed by atoms with Crippen molar-refractivity contribution in [1.82, 2.24) is 9.97 Å². The van der Waals surface area contributed by atoms with Gasteiger partial charge in [0.1, 0.15) is 23.3 Å². The minimum atomic E-state index is -0.377. The molecule has 1 heterocycles. The molecule has 0 spiro atoms. The third-order valence-electron chi connectivity index (χ3n) is 2.47. The van der Waals surface area contributed by atoms with Crippen LogP contribution in [0.15, 0.2) is 24.3 Å². The molecular weight excluding hydrogens is 267 g/mol. The zero-order valence-electron chi connectivity index (χ0n) is 10.6. The molecular formula is C13H14ClFN4. The first-order valence-electron chi connectivity index (χ1n) is 5.82. The number of nitrogens with zero attached hydrogens (tertiary/aromatic N) is 2. The van der Waals surface area contributed by atoms with Gasteiger partial charge in [0.2, 0.25) is 0 Å². The van der Waals surface area contributed by atoms with Crippen LogP contribution in [0, 0.1) is 5.82 Å². The van der Waals surface area contributed by atoms with Gasteiger partial charge in [-0.15, -0.1) is 0 Å². The lowest BCUT2D eigenvalue weighted by Gasteiger charge is -2.11. The summed E-state index contributed by atoms with van der Waals surface area (Å²) in [6.07, 6.45) is 0. The van der Waals surface area contributed by atoms with E-state index in [9.17, 15) is 4.39 Å². The lowest BCUT2D eigenvalue weighted by Crippen LogP contribution is -2.05. The van der Waals surface area contributed by atoms with Gasteiger partial charge in [-0.3, -0.25) is 0 Å². The highest BCUT2D eigenvalue weighted by atomic mass is 35.5. The smallest absolute Gasteiger partial charge is 0.136 e. The van der Waals surface area contributed by atoms with Gasteiger partial charge in [-0.2, -0.15) is 0 Å². The molecule has 0 radical (unpaired) electrons. The van der Waals surface area contributed by atoms with E-state index in [-0.39, 0.29) is 11.7 Å². The Labute approximate surface area is 115 Å². The summed E-state index contributed by atoms with van der Waals surface area (Å²) in [7, 11) is 0. The molecule has 19 heavy (non-hydrogen) atoms. The molecule has 0 saturated carbocycles. The van der Waals surface area contributed by atoms with E-state index in [0.717, 1.165) is 0 Å². The summed E-state index contributed by atoms with van der Waals surface area (Å²) >= 11 is 5.98. The summed E-state index contributed by atoms with van der Waals surface area (Å²) in [6, 6.07) is 5.65. The fraction of sp³-hybridized carbons (Fsp3) is 0.231. The van der Waals surface area contributed by atoms with Gasteiger partial charge in [-0.05, 0) is 18.2 Å². The maximum Gasteiger partial charge on any atom is 0.136 e. The molecule has 1 aromatic carbocycles. The number of nitrogens with one attached hydrogen (secondary N) is 1. The van der Waals surface area contributed by atoms with Crippen molar-refractivity contribution in [3.63, 3.8) is 0 Å². The van der Waals surface area contributed by atoms with Gasteiger partial charge in [-0.25, -0.2) is 14.4 Å². The first-order chi connectivity index (χ1) is 8.95. The van der Waals surface area contributed by atoms with E-state index in [1.54, 1.807) is 6.07 Å². The lowest BCUT2D eigenvalue weighted by molar-refractivity contribution is 0.628. The molecule has 6 heteroatoms. The van der Waals surface area contributed by atoms with E-state index in [4.69, 9.17) is 17.3 Å². The zero-order chi connectivity index (χ0) is 14.0. The van der Waals surface area contributed by atoms with Gasteiger partial charge in [0.05, 0.1) is 10.7 Å². The molecule has 2 rings (SSSR count). The molecule has 0 unspecified atom stereocenters. The molecule has 1 aromatic heterocycles. The molecule has 0 aliphatic carbocycles. The van der Waals surface area contributed by atoms with Crippen molar-refractivity contribution in [2.24, 2.45) is 0 Å². The van der Waals surface area contributed by atoms with Crippen LogP contribution in [0.3, 0.4) is 0 Å². The van der Waals surface area contributed by atoms with Crippen molar-refractivity contribution >= 4 is 28.9 Å². The first kappa shape index (κ1) is 13.5.